The first-order valence-electron chi connectivity index (χ1n) is 10.0. The minimum absolute atomic E-state index is 0.0768. The lowest BCUT2D eigenvalue weighted by molar-refractivity contribution is -0.122. The van der Waals surface area contributed by atoms with E-state index in [-0.39, 0.29) is 16.7 Å². The molecule has 1 heterocycles. The standard InChI is InChI=1S/C23H22BrClN2O5/c1-4-13(3)32-20-18(25)11-14(12-19(20)31-5-2)10-17-21(28)26-23(30)27(22(17)29)16-8-6-15(24)7-9-16/h6-13H,4-5H2,1-3H3,(H,26,28,30)/b17-10+/t13-/m1/s1. The Kier molecular flexibility index (Phi) is 7.58. The maximum absolute atomic E-state index is 13.1. The molecule has 7 nitrogen and oxygen atoms in total. The minimum Gasteiger partial charge on any atom is -0.490 e. The molecule has 4 amide bonds. The summed E-state index contributed by atoms with van der Waals surface area (Å²) in [5, 5.41) is 2.49. The smallest absolute Gasteiger partial charge is 0.335 e. The topological polar surface area (TPSA) is 84.9 Å². The second-order valence-electron chi connectivity index (χ2n) is 7.03. The number of carbonyl (C=O) groups excluding carboxylic acids is 3. The molecule has 1 N–H and O–H groups in total. The van der Waals surface area contributed by atoms with E-state index in [0.29, 0.717) is 29.4 Å². The molecule has 0 aliphatic carbocycles. The molecule has 0 saturated carbocycles. The molecule has 32 heavy (non-hydrogen) atoms. The van der Waals surface area contributed by atoms with Crippen molar-refractivity contribution in [3.8, 4) is 11.5 Å². The Morgan fingerprint density at radius 1 is 1.16 bits per heavy atom. The van der Waals surface area contributed by atoms with E-state index in [1.54, 1.807) is 36.4 Å². The average Bonchev–Trinajstić information content (AvgIpc) is 2.74. The fourth-order valence-corrected chi connectivity index (χ4v) is 3.51. The van der Waals surface area contributed by atoms with Gasteiger partial charge in [-0.2, -0.15) is 0 Å². The molecule has 1 aliphatic heterocycles. The zero-order chi connectivity index (χ0) is 23.4. The van der Waals surface area contributed by atoms with Gasteiger partial charge in [0.25, 0.3) is 11.8 Å². The molecule has 3 rings (SSSR count). The number of barbiturate groups is 1. The van der Waals surface area contributed by atoms with Crippen molar-refractivity contribution in [1.29, 1.82) is 0 Å². The normalized spacial score (nSPS) is 16.2. The van der Waals surface area contributed by atoms with Gasteiger partial charge in [-0.15, -0.1) is 0 Å². The molecular formula is C23H22BrClN2O5. The lowest BCUT2D eigenvalue weighted by Gasteiger charge is -2.26. The Labute approximate surface area is 199 Å². The van der Waals surface area contributed by atoms with Crippen molar-refractivity contribution in [2.45, 2.75) is 33.3 Å². The van der Waals surface area contributed by atoms with Crippen LogP contribution in [0.25, 0.3) is 6.08 Å². The fourth-order valence-electron chi connectivity index (χ4n) is 2.98. The van der Waals surface area contributed by atoms with Crippen molar-refractivity contribution >= 4 is 57.1 Å². The summed E-state index contributed by atoms with van der Waals surface area (Å²) in [5.74, 6) is -0.731. The number of nitrogens with zero attached hydrogens (tertiary/aromatic N) is 1. The second kappa shape index (κ2) is 10.2. The van der Waals surface area contributed by atoms with E-state index >= 15 is 0 Å². The molecule has 1 saturated heterocycles. The van der Waals surface area contributed by atoms with E-state index in [1.165, 1.54) is 6.08 Å². The van der Waals surface area contributed by atoms with Crippen LogP contribution in [-0.2, 0) is 9.59 Å². The van der Waals surface area contributed by atoms with Gasteiger partial charge >= 0.3 is 6.03 Å². The first-order valence-corrected chi connectivity index (χ1v) is 11.2. The number of imide groups is 2. The van der Waals surface area contributed by atoms with Crippen molar-refractivity contribution in [3.05, 3.63) is 57.0 Å². The highest BCUT2D eigenvalue weighted by Crippen LogP contribution is 2.38. The van der Waals surface area contributed by atoms with E-state index < -0.39 is 17.8 Å². The summed E-state index contributed by atoms with van der Waals surface area (Å²) in [6.07, 6.45) is 2.08. The Bertz CT molecular complexity index is 1080. The summed E-state index contributed by atoms with van der Waals surface area (Å²) in [7, 11) is 0. The highest BCUT2D eigenvalue weighted by molar-refractivity contribution is 9.10. The Hall–Kier alpha value is -2.84. The molecule has 0 unspecified atom stereocenters. The summed E-state index contributed by atoms with van der Waals surface area (Å²) in [5.41, 5.74) is 0.583. The van der Waals surface area contributed by atoms with Crippen molar-refractivity contribution in [2.75, 3.05) is 11.5 Å². The molecule has 0 radical (unpaired) electrons. The van der Waals surface area contributed by atoms with Gasteiger partial charge in [0.15, 0.2) is 11.5 Å². The third-order valence-electron chi connectivity index (χ3n) is 4.72. The number of nitrogens with one attached hydrogen (secondary N) is 1. The zero-order valence-electron chi connectivity index (χ0n) is 17.8. The lowest BCUT2D eigenvalue weighted by Crippen LogP contribution is -2.54. The van der Waals surface area contributed by atoms with Crippen molar-refractivity contribution < 1.29 is 23.9 Å². The number of benzene rings is 2. The van der Waals surface area contributed by atoms with Crippen LogP contribution in [0.5, 0.6) is 11.5 Å². The molecular weight excluding hydrogens is 500 g/mol. The second-order valence-corrected chi connectivity index (χ2v) is 8.36. The highest BCUT2D eigenvalue weighted by atomic mass is 79.9. The first kappa shape index (κ1) is 23.8. The summed E-state index contributed by atoms with van der Waals surface area (Å²) in [6.45, 7) is 6.11. The van der Waals surface area contributed by atoms with Crippen molar-refractivity contribution in [3.63, 3.8) is 0 Å². The van der Waals surface area contributed by atoms with Crippen LogP contribution < -0.4 is 19.7 Å². The summed E-state index contributed by atoms with van der Waals surface area (Å²) in [6, 6.07) is 8.99. The number of amides is 4. The van der Waals surface area contributed by atoms with Gasteiger partial charge in [0, 0.05) is 4.47 Å². The average molecular weight is 522 g/mol. The third kappa shape index (κ3) is 5.14. The number of hydrogen-bond donors (Lipinski definition) is 1. The number of halogens is 2. The van der Waals surface area contributed by atoms with Gasteiger partial charge < -0.3 is 9.47 Å². The van der Waals surface area contributed by atoms with Crippen molar-refractivity contribution in [1.82, 2.24) is 5.32 Å². The Balaban J connectivity index is 2.01. The quantitative estimate of drug-likeness (QED) is 0.392. The highest BCUT2D eigenvalue weighted by Gasteiger charge is 2.36. The van der Waals surface area contributed by atoms with Crippen LogP contribution in [0.2, 0.25) is 5.02 Å². The zero-order valence-corrected chi connectivity index (χ0v) is 20.1. The van der Waals surface area contributed by atoms with E-state index in [0.717, 1.165) is 15.8 Å². The molecule has 0 aromatic heterocycles. The van der Waals surface area contributed by atoms with Gasteiger partial charge in [-0.25, -0.2) is 9.69 Å². The molecule has 168 valence electrons. The Morgan fingerprint density at radius 2 is 1.84 bits per heavy atom. The molecule has 2 aromatic rings. The van der Waals surface area contributed by atoms with Crippen molar-refractivity contribution in [2.24, 2.45) is 0 Å². The van der Waals surface area contributed by atoms with Gasteiger partial charge in [0.1, 0.15) is 5.57 Å². The molecule has 0 bridgehead atoms. The maximum Gasteiger partial charge on any atom is 0.335 e. The molecule has 1 fully saturated rings. The lowest BCUT2D eigenvalue weighted by atomic mass is 10.1. The molecule has 1 atom stereocenters. The number of urea groups is 1. The van der Waals surface area contributed by atoms with Crippen LogP contribution in [0, 0.1) is 0 Å². The number of carbonyl (C=O) groups is 3. The first-order chi connectivity index (χ1) is 15.2. The van der Waals surface area contributed by atoms with Crippen LogP contribution >= 0.6 is 27.5 Å². The van der Waals surface area contributed by atoms with Gasteiger partial charge in [-0.3, -0.25) is 14.9 Å². The monoisotopic (exact) mass is 520 g/mol. The van der Waals surface area contributed by atoms with Gasteiger partial charge in [-0.05, 0) is 68.3 Å². The number of hydrogen-bond acceptors (Lipinski definition) is 5. The van der Waals surface area contributed by atoms with Crippen LogP contribution in [-0.4, -0.2) is 30.6 Å². The molecule has 2 aromatic carbocycles. The minimum atomic E-state index is -0.815. The van der Waals surface area contributed by atoms with E-state index in [9.17, 15) is 14.4 Å². The van der Waals surface area contributed by atoms with E-state index in [1.807, 2.05) is 20.8 Å². The molecule has 1 aliphatic rings. The van der Waals surface area contributed by atoms with Gasteiger partial charge in [0.05, 0.1) is 23.4 Å². The van der Waals surface area contributed by atoms with Crippen LogP contribution in [0.3, 0.4) is 0 Å². The van der Waals surface area contributed by atoms with Gasteiger partial charge in [-0.1, -0.05) is 34.5 Å². The maximum atomic E-state index is 13.1. The van der Waals surface area contributed by atoms with Crippen LogP contribution in [0.4, 0.5) is 10.5 Å². The van der Waals surface area contributed by atoms with Crippen LogP contribution in [0.1, 0.15) is 32.8 Å². The molecule has 0 spiro atoms. The Morgan fingerprint density at radius 3 is 2.47 bits per heavy atom. The summed E-state index contributed by atoms with van der Waals surface area (Å²) >= 11 is 9.75. The summed E-state index contributed by atoms with van der Waals surface area (Å²) < 4.78 is 12.3. The largest absolute Gasteiger partial charge is 0.490 e. The molecule has 9 heteroatoms. The predicted molar refractivity (Wildman–Crippen MR) is 126 cm³/mol. The predicted octanol–water partition coefficient (Wildman–Crippen LogP) is 5.34. The number of rotatable bonds is 7. The fraction of sp³-hybridized carbons (Fsp3) is 0.261. The van der Waals surface area contributed by atoms with E-state index in [4.69, 9.17) is 21.1 Å². The summed E-state index contributed by atoms with van der Waals surface area (Å²) in [4.78, 5) is 38.8. The number of anilines is 1. The van der Waals surface area contributed by atoms with Gasteiger partial charge in [0.2, 0.25) is 0 Å². The van der Waals surface area contributed by atoms with E-state index in [2.05, 4.69) is 21.2 Å². The third-order valence-corrected chi connectivity index (χ3v) is 5.53. The SMILES string of the molecule is CCOc1cc(/C=C2\C(=O)NC(=O)N(c3ccc(Br)cc3)C2=O)cc(Cl)c1O[C@H](C)CC. The van der Waals surface area contributed by atoms with Crippen LogP contribution in [0.15, 0.2) is 46.4 Å². The number of ether oxygens (including phenoxy) is 2.